The third kappa shape index (κ3) is 5.90. The van der Waals surface area contributed by atoms with Crippen LogP contribution in [0.1, 0.15) is 26.7 Å². The number of nitrogens with zero attached hydrogens (tertiary/aromatic N) is 2. The third-order valence-electron chi connectivity index (χ3n) is 2.28. The van der Waals surface area contributed by atoms with Gasteiger partial charge in [-0.25, -0.2) is 4.99 Å². The molecule has 1 unspecified atom stereocenters. The van der Waals surface area contributed by atoms with E-state index in [4.69, 9.17) is 17.2 Å². The molecule has 0 saturated carbocycles. The molecule has 6 nitrogen and oxygen atoms in total. The molecule has 0 saturated heterocycles. The Hall–Kier alpha value is -1.30. The lowest BCUT2D eigenvalue weighted by molar-refractivity contribution is 0.111. The minimum absolute atomic E-state index is 0.00000567. The number of rotatable bonds is 5. The van der Waals surface area contributed by atoms with Gasteiger partial charge in [0.15, 0.2) is 5.96 Å². The molecule has 0 aromatic rings. The van der Waals surface area contributed by atoms with E-state index < -0.39 is 6.10 Å². The van der Waals surface area contributed by atoms with E-state index in [0.29, 0.717) is 0 Å². The second kappa shape index (κ2) is 7.05. The van der Waals surface area contributed by atoms with Crippen LogP contribution in [0, 0.1) is 5.92 Å². The molecular weight excluding hydrogens is 194 g/mol. The predicted molar refractivity (Wildman–Crippen MR) is 62.4 cm³/mol. The highest BCUT2D eigenvalue weighted by Gasteiger charge is 2.14. The highest BCUT2D eigenvalue weighted by Crippen LogP contribution is 2.12. The summed E-state index contributed by atoms with van der Waals surface area (Å²) in [6, 6.07) is 0. The fourth-order valence-corrected chi connectivity index (χ4v) is 1.34. The smallest absolute Gasteiger partial charge is 0.218 e. The number of hydrogen-bond acceptors (Lipinski definition) is 2. The highest BCUT2D eigenvalue weighted by molar-refractivity contribution is 5.92. The van der Waals surface area contributed by atoms with Crippen molar-refractivity contribution in [3.05, 3.63) is 0 Å². The van der Waals surface area contributed by atoms with Crippen molar-refractivity contribution in [3.8, 4) is 0 Å². The van der Waals surface area contributed by atoms with Crippen LogP contribution >= 0.6 is 0 Å². The topological polar surface area (TPSA) is 123 Å². The summed E-state index contributed by atoms with van der Waals surface area (Å²) in [5, 5.41) is 9.72. The Balaban J connectivity index is 4.18. The van der Waals surface area contributed by atoms with Crippen LogP contribution in [0.5, 0.6) is 0 Å². The van der Waals surface area contributed by atoms with Gasteiger partial charge in [0.1, 0.15) is 0 Å². The van der Waals surface area contributed by atoms with Gasteiger partial charge in [0, 0.05) is 0 Å². The number of aliphatic hydroxyl groups excluding tert-OH is 1. The van der Waals surface area contributed by atoms with Crippen molar-refractivity contribution in [2.24, 2.45) is 33.1 Å². The zero-order chi connectivity index (χ0) is 11.8. The molecule has 6 heteroatoms. The van der Waals surface area contributed by atoms with Crippen molar-refractivity contribution in [2.45, 2.75) is 32.8 Å². The molecule has 0 aromatic heterocycles. The second-order valence-corrected chi connectivity index (χ2v) is 3.38. The number of nitrogens with two attached hydrogens (primary N) is 3. The number of guanidine groups is 2. The van der Waals surface area contributed by atoms with E-state index in [0.717, 1.165) is 12.8 Å². The summed E-state index contributed by atoms with van der Waals surface area (Å²) < 4.78 is 0. The zero-order valence-electron chi connectivity index (χ0n) is 9.35. The molecule has 1 atom stereocenters. The van der Waals surface area contributed by atoms with E-state index in [9.17, 15) is 5.11 Å². The van der Waals surface area contributed by atoms with Gasteiger partial charge in [0.05, 0.1) is 12.6 Å². The van der Waals surface area contributed by atoms with Crippen LogP contribution in [0.3, 0.4) is 0 Å². The van der Waals surface area contributed by atoms with Crippen molar-refractivity contribution in [2.75, 3.05) is 6.54 Å². The molecule has 0 radical (unpaired) electrons. The van der Waals surface area contributed by atoms with Crippen LogP contribution in [0.25, 0.3) is 0 Å². The maximum Gasteiger partial charge on any atom is 0.218 e. The van der Waals surface area contributed by atoms with Crippen molar-refractivity contribution < 1.29 is 5.11 Å². The van der Waals surface area contributed by atoms with E-state index >= 15 is 0 Å². The first-order valence-corrected chi connectivity index (χ1v) is 5.08. The first kappa shape index (κ1) is 13.7. The largest absolute Gasteiger partial charge is 0.391 e. The second-order valence-electron chi connectivity index (χ2n) is 3.38. The van der Waals surface area contributed by atoms with Gasteiger partial charge in [-0.3, -0.25) is 0 Å². The quantitative estimate of drug-likeness (QED) is 0.360. The molecule has 0 aromatic carbocycles. The Morgan fingerprint density at radius 1 is 1.20 bits per heavy atom. The molecule has 88 valence electrons. The number of aliphatic hydroxyl groups is 1. The Morgan fingerprint density at radius 3 is 2.13 bits per heavy atom. The van der Waals surface area contributed by atoms with Gasteiger partial charge in [0.2, 0.25) is 5.96 Å². The molecule has 0 spiro atoms. The lowest BCUT2D eigenvalue weighted by atomic mass is 9.97. The van der Waals surface area contributed by atoms with Crippen molar-refractivity contribution in [3.63, 3.8) is 0 Å². The van der Waals surface area contributed by atoms with Crippen LogP contribution in [0.15, 0.2) is 9.98 Å². The number of hydrogen-bond donors (Lipinski definition) is 4. The summed E-state index contributed by atoms with van der Waals surface area (Å²) in [7, 11) is 0. The maximum atomic E-state index is 9.72. The lowest BCUT2D eigenvalue weighted by Crippen LogP contribution is -2.28. The van der Waals surface area contributed by atoms with Gasteiger partial charge < -0.3 is 22.3 Å². The monoisotopic (exact) mass is 215 g/mol. The van der Waals surface area contributed by atoms with Crippen LogP contribution in [-0.2, 0) is 0 Å². The molecule has 0 bridgehead atoms. The van der Waals surface area contributed by atoms with Gasteiger partial charge in [0.25, 0.3) is 0 Å². The molecule has 15 heavy (non-hydrogen) atoms. The van der Waals surface area contributed by atoms with Gasteiger partial charge in [-0.05, 0) is 5.92 Å². The fraction of sp³-hybridized carbons (Fsp3) is 0.778. The molecule has 0 aliphatic rings. The van der Waals surface area contributed by atoms with E-state index in [1.807, 2.05) is 13.8 Å². The van der Waals surface area contributed by atoms with Gasteiger partial charge in [-0.15, -0.1) is 0 Å². The summed E-state index contributed by atoms with van der Waals surface area (Å²) in [6.45, 7) is 4.29. The Morgan fingerprint density at radius 2 is 1.73 bits per heavy atom. The molecule has 0 amide bonds. The summed E-state index contributed by atoms with van der Waals surface area (Å²) in [4.78, 5) is 7.43. The summed E-state index contributed by atoms with van der Waals surface area (Å²) in [5.74, 6) is 0.106. The normalized spacial score (nSPS) is 14.0. The van der Waals surface area contributed by atoms with Crippen molar-refractivity contribution >= 4 is 11.9 Å². The van der Waals surface area contributed by atoms with Crippen LogP contribution in [-0.4, -0.2) is 29.7 Å². The highest BCUT2D eigenvalue weighted by atomic mass is 16.3. The minimum atomic E-state index is -0.493. The van der Waals surface area contributed by atoms with Gasteiger partial charge >= 0.3 is 0 Å². The van der Waals surface area contributed by atoms with E-state index in [1.165, 1.54) is 0 Å². The lowest BCUT2D eigenvalue weighted by Gasteiger charge is -2.17. The first-order chi connectivity index (χ1) is 7.01. The van der Waals surface area contributed by atoms with Crippen LogP contribution in [0.4, 0.5) is 0 Å². The Bertz CT molecular complexity index is 231. The minimum Gasteiger partial charge on any atom is -0.391 e. The molecule has 0 aliphatic heterocycles. The average molecular weight is 215 g/mol. The fourth-order valence-electron chi connectivity index (χ4n) is 1.34. The predicted octanol–water partition coefficient (Wildman–Crippen LogP) is -0.628. The third-order valence-corrected chi connectivity index (χ3v) is 2.28. The van der Waals surface area contributed by atoms with Crippen LogP contribution in [0.2, 0.25) is 0 Å². The molecule has 0 aliphatic carbocycles. The summed E-state index contributed by atoms with van der Waals surface area (Å²) >= 11 is 0. The SMILES string of the molecule is CCC(CC)C(O)CN=C(N)N=C(N)N. The van der Waals surface area contributed by atoms with Crippen molar-refractivity contribution in [1.82, 2.24) is 0 Å². The summed E-state index contributed by atoms with van der Waals surface area (Å²) in [6.07, 6.45) is 1.33. The molecule has 0 fully saturated rings. The van der Waals surface area contributed by atoms with E-state index in [-0.39, 0.29) is 24.4 Å². The van der Waals surface area contributed by atoms with E-state index in [2.05, 4.69) is 9.98 Å². The first-order valence-electron chi connectivity index (χ1n) is 5.08. The van der Waals surface area contributed by atoms with Gasteiger partial charge in [-0.2, -0.15) is 4.99 Å². The molecule has 7 N–H and O–H groups in total. The van der Waals surface area contributed by atoms with E-state index in [1.54, 1.807) is 0 Å². The zero-order valence-corrected chi connectivity index (χ0v) is 9.35. The molecular formula is C9H21N5O. The van der Waals surface area contributed by atoms with Crippen molar-refractivity contribution in [1.29, 1.82) is 0 Å². The maximum absolute atomic E-state index is 9.72. The van der Waals surface area contributed by atoms with Crippen LogP contribution < -0.4 is 17.2 Å². The number of aliphatic imine (C=N–C) groups is 2. The standard InChI is InChI=1S/C9H21N5O/c1-3-6(4-2)7(15)5-13-9(12)14-8(10)11/h6-7,15H,3-5H2,1-2H3,(H6,10,11,12,13,14). The Labute approximate surface area is 90.3 Å². The average Bonchev–Trinajstić information content (AvgIpc) is 2.15. The summed E-state index contributed by atoms with van der Waals surface area (Å²) in [5.41, 5.74) is 15.6. The Kier molecular flexibility index (Phi) is 6.44. The molecule has 0 heterocycles. The van der Waals surface area contributed by atoms with Gasteiger partial charge in [-0.1, -0.05) is 26.7 Å². The molecule has 0 rings (SSSR count).